The van der Waals surface area contributed by atoms with Crippen LogP contribution in [0, 0.1) is 0 Å². The van der Waals surface area contributed by atoms with E-state index in [4.69, 9.17) is 21.2 Å². The molecule has 2 aliphatic heterocycles. The average molecular weight is 672 g/mol. The number of fused-ring (bicyclic) bond motifs is 1. The largest absolute Gasteiger partial charge is 0.477 e. The first-order valence-electron chi connectivity index (χ1n) is 9.83. The maximum absolute atomic E-state index is 13.0. The molecule has 0 radical (unpaired) electrons. The molecule has 1 unspecified atom stereocenters. The minimum absolute atomic E-state index is 0. The van der Waals surface area contributed by atoms with Gasteiger partial charge in [-0.2, -0.15) is 5.10 Å². The molecule has 18 heteroatoms. The number of nitrogens with one attached hydrogen (secondary N) is 1. The number of carboxylic acids is 1. The second-order valence-corrected chi connectivity index (χ2v) is 9.81. The molecule has 1 aromatic heterocycles. The second-order valence-electron chi connectivity index (χ2n) is 6.87. The number of ether oxygens (including phenoxy) is 1. The van der Waals surface area contributed by atoms with E-state index in [1.165, 1.54) is 41.4 Å². The maximum atomic E-state index is 13.0. The summed E-state index contributed by atoms with van der Waals surface area (Å²) in [6.07, 6.45) is 0. The van der Waals surface area contributed by atoms with Crippen molar-refractivity contribution in [3.63, 3.8) is 0 Å². The summed E-state index contributed by atoms with van der Waals surface area (Å²) in [5.74, 6) is 2.41. The van der Waals surface area contributed by atoms with Gasteiger partial charge in [0.2, 0.25) is 0 Å². The molecule has 3 heterocycles. The molecule has 1 aromatic rings. The van der Waals surface area contributed by atoms with E-state index in [0.29, 0.717) is 11.3 Å². The lowest BCUT2D eigenvalue weighted by atomic mass is 10.0. The maximum Gasteiger partial charge on any atom is 0.352 e. The van der Waals surface area contributed by atoms with Crippen LogP contribution in [0.25, 0.3) is 0 Å². The van der Waals surface area contributed by atoms with E-state index >= 15 is 0 Å². The highest BCUT2D eigenvalue weighted by Gasteiger charge is 2.54. The van der Waals surface area contributed by atoms with E-state index in [2.05, 4.69) is 20.6 Å². The zero-order valence-corrected chi connectivity index (χ0v) is 23.4. The number of thioether (sulfide) groups is 2. The molecule has 2 atom stereocenters. The van der Waals surface area contributed by atoms with Crippen LogP contribution < -0.4 is 16.9 Å². The van der Waals surface area contributed by atoms with Gasteiger partial charge < -0.3 is 31.6 Å². The Hall–Kier alpha value is -2.58. The number of nitrogen functional groups attached to an aromatic ring is 1. The molecule has 0 bridgehead atoms. The van der Waals surface area contributed by atoms with Crippen LogP contribution in [0.4, 0.5) is 5.13 Å². The van der Waals surface area contributed by atoms with Crippen LogP contribution in [0.15, 0.2) is 26.9 Å². The van der Waals surface area contributed by atoms with Crippen LogP contribution in [0.1, 0.15) is 12.6 Å². The molecule has 6 N–H and O–H groups in total. The Morgan fingerprint density at radius 1 is 1.44 bits per heavy atom. The highest BCUT2D eigenvalue weighted by Crippen LogP contribution is 2.40. The SMILES string of the molecule is CC(=O)OCC1=C(C(=O)O)N2C(=O)C(NC(=O)C(=NOCCSC=NN)c3csc(N)n3)[C@H]2SC1.I. The fourth-order valence-corrected chi connectivity index (χ4v) is 5.32. The van der Waals surface area contributed by atoms with Gasteiger partial charge in [0.1, 0.15) is 36.0 Å². The van der Waals surface area contributed by atoms with Gasteiger partial charge >= 0.3 is 11.9 Å². The van der Waals surface area contributed by atoms with Crippen LogP contribution in [0.3, 0.4) is 0 Å². The summed E-state index contributed by atoms with van der Waals surface area (Å²) in [7, 11) is 0. The fraction of sp³-hybridized carbons (Fsp3) is 0.389. The molecule has 14 nitrogen and oxygen atoms in total. The van der Waals surface area contributed by atoms with E-state index in [0.717, 1.165) is 16.2 Å². The Bertz CT molecular complexity index is 1110. The summed E-state index contributed by atoms with van der Waals surface area (Å²) < 4.78 is 4.91. The van der Waals surface area contributed by atoms with Gasteiger partial charge in [-0.25, -0.2) is 9.78 Å². The Labute approximate surface area is 234 Å². The number of hydrogen-bond acceptors (Lipinski definition) is 14. The zero-order chi connectivity index (χ0) is 25.5. The molecular formula is C18H22IN7O7S3. The number of nitrogens with two attached hydrogens (primary N) is 2. The van der Waals surface area contributed by atoms with Crippen molar-refractivity contribution >= 4 is 99.0 Å². The van der Waals surface area contributed by atoms with E-state index in [1.807, 2.05) is 0 Å². The number of esters is 1. The van der Waals surface area contributed by atoms with Crippen LogP contribution >= 0.6 is 58.8 Å². The molecular weight excluding hydrogens is 649 g/mol. The number of aliphatic carboxylic acids is 1. The number of oxime groups is 1. The Morgan fingerprint density at radius 3 is 2.81 bits per heavy atom. The number of rotatable bonds is 11. The highest BCUT2D eigenvalue weighted by molar-refractivity contribution is 14.0. The van der Waals surface area contributed by atoms with Gasteiger partial charge in [-0.1, -0.05) is 5.16 Å². The van der Waals surface area contributed by atoms with E-state index < -0.39 is 35.2 Å². The van der Waals surface area contributed by atoms with Gasteiger partial charge in [0, 0.05) is 29.4 Å². The first kappa shape index (κ1) is 29.6. The molecule has 36 heavy (non-hydrogen) atoms. The van der Waals surface area contributed by atoms with Crippen molar-refractivity contribution in [3.8, 4) is 0 Å². The second kappa shape index (κ2) is 13.7. The minimum atomic E-state index is -1.33. The number of hydrazone groups is 1. The van der Waals surface area contributed by atoms with Crippen molar-refractivity contribution in [2.24, 2.45) is 16.1 Å². The number of amides is 2. The zero-order valence-electron chi connectivity index (χ0n) is 18.6. The van der Waals surface area contributed by atoms with Crippen LogP contribution in [0.2, 0.25) is 0 Å². The first-order chi connectivity index (χ1) is 16.7. The molecule has 0 spiro atoms. The number of carboxylic acid groups (broad SMARTS) is 1. The molecule has 2 aliphatic rings. The predicted molar refractivity (Wildman–Crippen MR) is 146 cm³/mol. The summed E-state index contributed by atoms with van der Waals surface area (Å²) in [6, 6.07) is -1.00. The predicted octanol–water partition coefficient (Wildman–Crippen LogP) is 0.000900. The molecule has 0 saturated carbocycles. The van der Waals surface area contributed by atoms with Gasteiger partial charge in [0.25, 0.3) is 11.8 Å². The van der Waals surface area contributed by atoms with Gasteiger partial charge in [-0.15, -0.1) is 58.8 Å². The number of aromatic nitrogens is 1. The number of β-lactam (4-membered cyclic amide) rings is 1. The van der Waals surface area contributed by atoms with Crippen molar-refractivity contribution in [2.75, 3.05) is 30.5 Å². The summed E-state index contributed by atoms with van der Waals surface area (Å²) in [5.41, 5.74) is 7.10. The highest BCUT2D eigenvalue weighted by atomic mass is 127. The van der Waals surface area contributed by atoms with E-state index in [-0.39, 0.29) is 65.2 Å². The summed E-state index contributed by atoms with van der Waals surface area (Å²) >= 11 is 3.61. The number of carbonyl (C=O) groups excluding carboxylic acids is 3. The third-order valence-corrected chi connectivity index (χ3v) is 7.24. The molecule has 0 aliphatic carbocycles. The molecule has 3 rings (SSSR count). The number of hydrogen-bond donors (Lipinski definition) is 4. The summed E-state index contributed by atoms with van der Waals surface area (Å²) in [4.78, 5) is 59.1. The van der Waals surface area contributed by atoms with Crippen molar-refractivity contribution in [1.82, 2.24) is 15.2 Å². The average Bonchev–Trinajstić information content (AvgIpc) is 3.25. The molecule has 196 valence electrons. The molecule has 1 fully saturated rings. The lowest BCUT2D eigenvalue weighted by Crippen LogP contribution is -2.71. The Kier molecular flexibility index (Phi) is 11.2. The number of halogens is 1. The van der Waals surface area contributed by atoms with Crippen LogP contribution in [-0.2, 0) is 28.8 Å². The normalized spacial score (nSPS) is 19.3. The van der Waals surface area contributed by atoms with Crippen LogP contribution in [-0.4, -0.2) is 86.1 Å². The topological polar surface area (TPSA) is 212 Å². The minimum Gasteiger partial charge on any atom is -0.477 e. The summed E-state index contributed by atoms with van der Waals surface area (Å²) in [5, 5.41) is 20.5. The molecule has 0 aromatic carbocycles. The van der Waals surface area contributed by atoms with Crippen molar-refractivity contribution in [2.45, 2.75) is 18.3 Å². The molecule has 2 amide bonds. The summed E-state index contributed by atoms with van der Waals surface area (Å²) in [6.45, 7) is 1.10. The van der Waals surface area contributed by atoms with Gasteiger partial charge in [0.05, 0.1) is 5.55 Å². The van der Waals surface area contributed by atoms with Crippen molar-refractivity contribution < 1.29 is 33.9 Å². The van der Waals surface area contributed by atoms with Crippen molar-refractivity contribution in [1.29, 1.82) is 0 Å². The lowest BCUT2D eigenvalue weighted by Gasteiger charge is -2.49. The third kappa shape index (κ3) is 7.01. The van der Waals surface area contributed by atoms with Gasteiger partial charge in [-0.3, -0.25) is 19.3 Å². The standard InChI is InChI=1S/C18H21N7O7S3.HI/c1-8(26)31-4-9-5-34-16-12(15(28)25(16)13(9)17(29)30)23-14(27)11(10-6-35-18(19)22-10)24-32-2-3-33-7-21-20;/h6-7,12,16H,2-5,20H2,1H3,(H2,19,22)(H,23,27)(H,29,30);1H/t12?,16-;/m1./s1. The van der Waals surface area contributed by atoms with Crippen LogP contribution in [0.5, 0.6) is 0 Å². The van der Waals surface area contributed by atoms with Gasteiger partial charge in [-0.05, 0) is 0 Å². The number of nitrogens with zero attached hydrogens (tertiary/aromatic N) is 4. The number of carbonyl (C=O) groups is 4. The molecule has 1 saturated heterocycles. The van der Waals surface area contributed by atoms with E-state index in [1.54, 1.807) is 0 Å². The number of anilines is 1. The number of thiazole rings is 1. The van der Waals surface area contributed by atoms with Crippen molar-refractivity contribution in [3.05, 3.63) is 22.3 Å². The lowest BCUT2D eigenvalue weighted by molar-refractivity contribution is -0.150. The quantitative estimate of drug-likeness (QED) is 0.0358. The fourth-order valence-electron chi connectivity index (χ4n) is 3.08. The third-order valence-electron chi connectivity index (χ3n) is 4.55. The smallest absolute Gasteiger partial charge is 0.352 e. The first-order valence-corrected chi connectivity index (χ1v) is 12.8. The Morgan fingerprint density at radius 2 is 2.19 bits per heavy atom. The van der Waals surface area contributed by atoms with E-state index in [9.17, 15) is 24.3 Å². The Balaban J connectivity index is 0.00000456. The van der Waals surface area contributed by atoms with Gasteiger partial charge in [0.15, 0.2) is 10.8 Å². The monoisotopic (exact) mass is 671 g/mol.